The summed E-state index contributed by atoms with van der Waals surface area (Å²) in [5.74, 6) is -0.219. The van der Waals surface area contributed by atoms with Gasteiger partial charge in [0.1, 0.15) is 5.82 Å². The van der Waals surface area contributed by atoms with Crippen LogP contribution in [0.3, 0.4) is 0 Å². The van der Waals surface area contributed by atoms with E-state index in [1.165, 1.54) is 12.1 Å². The fourth-order valence-corrected chi connectivity index (χ4v) is 0.953. The van der Waals surface area contributed by atoms with Gasteiger partial charge in [-0.2, -0.15) is 0 Å². The second-order valence-electron chi connectivity index (χ2n) is 2.12. The first kappa shape index (κ1) is 5.41. The summed E-state index contributed by atoms with van der Waals surface area (Å²) >= 11 is 0. The molecule has 0 aliphatic heterocycles. The highest BCUT2D eigenvalue weighted by Gasteiger charge is 2.00. The fraction of sp³-hybridized carbons (Fsp3) is 0. The lowest BCUT2D eigenvalue weighted by Crippen LogP contribution is -1.93. The number of rotatable bonds is 0. The molecule has 3 heteroatoms. The van der Waals surface area contributed by atoms with Crippen molar-refractivity contribution in [2.75, 3.05) is 0 Å². The molecule has 0 saturated heterocycles. The Morgan fingerprint density at radius 1 is 1.40 bits per heavy atom. The van der Waals surface area contributed by atoms with Crippen LogP contribution in [0.25, 0.3) is 11.0 Å². The van der Waals surface area contributed by atoms with Crippen molar-refractivity contribution >= 4 is 11.0 Å². The summed E-state index contributed by atoms with van der Waals surface area (Å²) in [6.07, 6.45) is 1.67. The van der Waals surface area contributed by atoms with E-state index in [1.54, 1.807) is 12.4 Å². The zero-order valence-electron chi connectivity index (χ0n) is 5.19. The molecule has 1 heterocycles. The number of nitrogens with one attached hydrogen (secondary N) is 2. The van der Waals surface area contributed by atoms with Gasteiger partial charge in [-0.1, -0.05) is 0 Å². The Morgan fingerprint density at radius 3 is 3.20 bits per heavy atom. The molecule has 0 spiro atoms. The number of aromatic amines is 2. The van der Waals surface area contributed by atoms with Gasteiger partial charge in [0.25, 0.3) is 0 Å². The van der Waals surface area contributed by atoms with Crippen molar-refractivity contribution in [1.82, 2.24) is 4.98 Å². The molecule has 0 fully saturated rings. The summed E-state index contributed by atoms with van der Waals surface area (Å²) in [7, 11) is 0. The van der Waals surface area contributed by atoms with Crippen LogP contribution in [0.1, 0.15) is 0 Å². The van der Waals surface area contributed by atoms with Crippen molar-refractivity contribution in [2.24, 2.45) is 0 Å². The zero-order valence-corrected chi connectivity index (χ0v) is 5.19. The van der Waals surface area contributed by atoms with E-state index in [-0.39, 0.29) is 5.82 Å². The summed E-state index contributed by atoms with van der Waals surface area (Å²) in [5.41, 5.74) is 1.71. The maximum absolute atomic E-state index is 12.5. The number of imidazole rings is 1. The SMILES string of the molecule is Fc1ccc2[nH+]c[nH]c2c1. The number of fused-ring (bicyclic) bond motifs is 1. The molecule has 0 amide bonds. The number of aromatic nitrogens is 2. The maximum Gasteiger partial charge on any atom is 0.240 e. The number of hydrogen-bond acceptors (Lipinski definition) is 0. The Labute approximate surface area is 56.7 Å². The van der Waals surface area contributed by atoms with E-state index in [2.05, 4.69) is 9.97 Å². The van der Waals surface area contributed by atoms with Crippen LogP contribution in [0, 0.1) is 5.82 Å². The molecule has 0 atom stereocenters. The summed E-state index contributed by atoms with van der Waals surface area (Å²) < 4.78 is 12.5. The lowest BCUT2D eigenvalue weighted by molar-refractivity contribution is -0.344. The first-order valence-corrected chi connectivity index (χ1v) is 3.00. The van der Waals surface area contributed by atoms with Crippen molar-refractivity contribution in [3.05, 3.63) is 30.3 Å². The number of benzene rings is 1. The smallest absolute Gasteiger partial charge is 0.240 e. The van der Waals surface area contributed by atoms with Crippen LogP contribution < -0.4 is 4.98 Å². The van der Waals surface area contributed by atoms with Gasteiger partial charge >= 0.3 is 0 Å². The third-order valence-corrected chi connectivity index (χ3v) is 1.44. The van der Waals surface area contributed by atoms with Gasteiger partial charge in [0, 0.05) is 6.07 Å². The lowest BCUT2D eigenvalue weighted by atomic mass is 10.3. The lowest BCUT2D eigenvalue weighted by Gasteiger charge is -1.81. The monoisotopic (exact) mass is 137 g/mol. The summed E-state index contributed by atoms with van der Waals surface area (Å²) in [6.45, 7) is 0. The van der Waals surface area contributed by atoms with Crippen LogP contribution in [0.4, 0.5) is 4.39 Å². The van der Waals surface area contributed by atoms with Crippen LogP contribution in [0.15, 0.2) is 24.5 Å². The van der Waals surface area contributed by atoms with Crippen LogP contribution in [0.2, 0.25) is 0 Å². The Hall–Kier alpha value is -1.38. The molecule has 10 heavy (non-hydrogen) atoms. The molecule has 0 bridgehead atoms. The highest BCUT2D eigenvalue weighted by Crippen LogP contribution is 2.06. The van der Waals surface area contributed by atoms with Crippen molar-refractivity contribution in [3.63, 3.8) is 0 Å². The highest BCUT2D eigenvalue weighted by molar-refractivity contribution is 5.70. The third-order valence-electron chi connectivity index (χ3n) is 1.44. The van der Waals surface area contributed by atoms with Crippen molar-refractivity contribution in [1.29, 1.82) is 0 Å². The number of halogens is 1. The molecule has 2 N–H and O–H groups in total. The molecule has 2 nitrogen and oxygen atoms in total. The van der Waals surface area contributed by atoms with Gasteiger partial charge in [0.15, 0.2) is 11.0 Å². The first-order chi connectivity index (χ1) is 4.86. The normalized spacial score (nSPS) is 10.5. The van der Waals surface area contributed by atoms with Gasteiger partial charge in [-0.3, -0.25) is 0 Å². The highest BCUT2D eigenvalue weighted by atomic mass is 19.1. The summed E-state index contributed by atoms with van der Waals surface area (Å²) in [5, 5.41) is 0. The Balaban J connectivity index is 2.86. The Morgan fingerprint density at radius 2 is 2.30 bits per heavy atom. The molecule has 0 saturated carbocycles. The summed E-state index contributed by atoms with van der Waals surface area (Å²) in [6, 6.07) is 4.57. The second kappa shape index (κ2) is 1.80. The zero-order chi connectivity index (χ0) is 6.97. The van der Waals surface area contributed by atoms with Crippen molar-refractivity contribution in [2.45, 2.75) is 0 Å². The van der Waals surface area contributed by atoms with E-state index in [9.17, 15) is 4.39 Å². The second-order valence-corrected chi connectivity index (χ2v) is 2.12. The van der Waals surface area contributed by atoms with Gasteiger partial charge in [0.2, 0.25) is 6.33 Å². The van der Waals surface area contributed by atoms with Crippen molar-refractivity contribution in [3.8, 4) is 0 Å². The molecule has 0 aliphatic rings. The molecule has 2 aromatic rings. The van der Waals surface area contributed by atoms with Gasteiger partial charge in [0.05, 0.1) is 0 Å². The van der Waals surface area contributed by atoms with E-state index >= 15 is 0 Å². The predicted octanol–water partition coefficient (Wildman–Crippen LogP) is 1.12. The molecular formula is C7H6FN2+. The largest absolute Gasteiger partial charge is 0.244 e. The van der Waals surface area contributed by atoms with Gasteiger partial charge < -0.3 is 0 Å². The Bertz CT molecular complexity index is 353. The molecule has 0 radical (unpaired) electrons. The first-order valence-electron chi connectivity index (χ1n) is 3.00. The van der Waals surface area contributed by atoms with E-state index in [0.29, 0.717) is 0 Å². The van der Waals surface area contributed by atoms with Crippen molar-refractivity contribution < 1.29 is 9.37 Å². The third kappa shape index (κ3) is 0.673. The van der Waals surface area contributed by atoms with Gasteiger partial charge in [-0.25, -0.2) is 14.4 Å². The van der Waals surface area contributed by atoms with Gasteiger partial charge in [-0.15, -0.1) is 0 Å². The van der Waals surface area contributed by atoms with E-state index in [4.69, 9.17) is 0 Å². The molecule has 0 unspecified atom stereocenters. The minimum absolute atomic E-state index is 0.219. The van der Waals surface area contributed by atoms with Crippen LogP contribution >= 0.6 is 0 Å². The number of H-pyrrole nitrogens is 2. The molecule has 0 aliphatic carbocycles. The molecule has 2 rings (SSSR count). The predicted molar refractivity (Wildman–Crippen MR) is 34.8 cm³/mol. The van der Waals surface area contributed by atoms with E-state index in [0.717, 1.165) is 11.0 Å². The minimum atomic E-state index is -0.219. The molecule has 1 aromatic carbocycles. The minimum Gasteiger partial charge on any atom is -0.244 e. The molecule has 50 valence electrons. The van der Waals surface area contributed by atoms with Crippen LogP contribution in [0.5, 0.6) is 0 Å². The van der Waals surface area contributed by atoms with E-state index in [1.807, 2.05) is 0 Å². The van der Waals surface area contributed by atoms with Gasteiger partial charge in [-0.05, 0) is 12.1 Å². The van der Waals surface area contributed by atoms with Crippen LogP contribution in [-0.2, 0) is 0 Å². The standard InChI is InChI=1S/C7H5FN2/c8-5-1-2-6-7(3-5)10-4-9-6/h1-4H,(H,9,10)/p+1. The topological polar surface area (TPSA) is 29.9 Å². The maximum atomic E-state index is 12.5. The summed E-state index contributed by atoms with van der Waals surface area (Å²) in [4.78, 5) is 5.79. The van der Waals surface area contributed by atoms with E-state index < -0.39 is 0 Å². The molecule has 1 aromatic heterocycles. The quantitative estimate of drug-likeness (QED) is 0.564. The van der Waals surface area contributed by atoms with Crippen LogP contribution in [-0.4, -0.2) is 4.98 Å². The molecular weight excluding hydrogens is 131 g/mol. The fourth-order valence-electron chi connectivity index (χ4n) is 0.953. The Kier molecular flexibility index (Phi) is 0.974. The average Bonchev–Trinajstić information content (AvgIpc) is 2.33. The number of hydrogen-bond donors (Lipinski definition) is 1. The average molecular weight is 137 g/mol.